The number of nitrogens with zero attached hydrogens (tertiary/aromatic N) is 1. The zero-order chi connectivity index (χ0) is 16.1. The molecule has 0 unspecified atom stereocenters. The fourth-order valence-electron chi connectivity index (χ4n) is 4.14. The summed E-state index contributed by atoms with van der Waals surface area (Å²) in [6.07, 6.45) is 14.3. The van der Waals surface area contributed by atoms with Gasteiger partial charge in [-0.3, -0.25) is 0 Å². The molecule has 126 valence electrons. The van der Waals surface area contributed by atoms with Crippen LogP contribution in [0, 0.1) is 0 Å². The Labute approximate surface area is 141 Å². The highest BCUT2D eigenvalue weighted by molar-refractivity contribution is 5.88. The second kappa shape index (κ2) is 8.01. The first kappa shape index (κ1) is 16.6. The smallest absolute Gasteiger partial charge is 0.0486 e. The van der Waals surface area contributed by atoms with Crippen LogP contribution in [0.2, 0.25) is 0 Å². The maximum atomic E-state index is 3.33. The Hall–Kier alpha value is -1.28. The van der Waals surface area contributed by atoms with Crippen molar-refractivity contribution in [1.82, 2.24) is 9.88 Å². The summed E-state index contributed by atoms with van der Waals surface area (Å²) in [7, 11) is 2.06. The second-order valence-corrected chi connectivity index (χ2v) is 7.07. The van der Waals surface area contributed by atoms with Gasteiger partial charge in [-0.2, -0.15) is 0 Å². The molecule has 0 saturated heterocycles. The molecule has 0 amide bonds. The van der Waals surface area contributed by atoms with Gasteiger partial charge in [0.15, 0.2) is 0 Å². The molecule has 1 aliphatic rings. The Balaban J connectivity index is 2.10. The second-order valence-electron chi connectivity index (χ2n) is 7.07. The summed E-state index contributed by atoms with van der Waals surface area (Å²) in [4.78, 5) is 0. The molecular weight excluding hydrogens is 280 g/mol. The molecule has 0 radical (unpaired) electrons. The van der Waals surface area contributed by atoms with E-state index in [1.54, 1.807) is 22.1 Å². The molecule has 2 aromatic rings. The monoisotopic (exact) mass is 312 g/mol. The summed E-state index contributed by atoms with van der Waals surface area (Å²) in [6, 6.07) is 4.82. The van der Waals surface area contributed by atoms with Gasteiger partial charge in [-0.15, -0.1) is 0 Å². The lowest BCUT2D eigenvalue weighted by Crippen LogP contribution is -2.10. The molecular formula is C21H32N2. The largest absolute Gasteiger partial charge is 0.347 e. The zero-order valence-electron chi connectivity index (χ0n) is 15.0. The van der Waals surface area contributed by atoms with Crippen molar-refractivity contribution in [3.63, 3.8) is 0 Å². The van der Waals surface area contributed by atoms with Crippen molar-refractivity contribution in [1.29, 1.82) is 0 Å². The van der Waals surface area contributed by atoms with Crippen LogP contribution in [-0.2, 0) is 25.8 Å². The number of hydrogen-bond donors (Lipinski definition) is 1. The number of nitrogens with one attached hydrogen (secondary N) is 1. The number of aromatic nitrogens is 1. The van der Waals surface area contributed by atoms with Gasteiger partial charge in [0.05, 0.1) is 0 Å². The Morgan fingerprint density at radius 2 is 1.83 bits per heavy atom. The van der Waals surface area contributed by atoms with Crippen LogP contribution in [0.4, 0.5) is 0 Å². The fourth-order valence-corrected chi connectivity index (χ4v) is 4.14. The highest BCUT2D eigenvalue weighted by Crippen LogP contribution is 2.32. The first-order chi connectivity index (χ1) is 11.3. The predicted octanol–water partition coefficient (Wildman–Crippen LogP) is 4.86. The average Bonchev–Trinajstić information content (AvgIpc) is 2.96. The van der Waals surface area contributed by atoms with Crippen molar-refractivity contribution < 1.29 is 0 Å². The van der Waals surface area contributed by atoms with Gasteiger partial charge >= 0.3 is 0 Å². The third-order valence-corrected chi connectivity index (χ3v) is 5.31. The van der Waals surface area contributed by atoms with E-state index in [-0.39, 0.29) is 0 Å². The maximum absolute atomic E-state index is 3.33. The van der Waals surface area contributed by atoms with Crippen LogP contribution in [0.15, 0.2) is 18.3 Å². The fraction of sp³-hybridized carbons (Fsp3) is 0.619. The van der Waals surface area contributed by atoms with Gasteiger partial charge in [-0.1, -0.05) is 32.3 Å². The Morgan fingerprint density at radius 3 is 2.61 bits per heavy atom. The van der Waals surface area contributed by atoms with Gasteiger partial charge in [-0.05, 0) is 74.9 Å². The van der Waals surface area contributed by atoms with Crippen LogP contribution in [0.5, 0.6) is 0 Å². The molecule has 1 aromatic carbocycles. The lowest BCUT2D eigenvalue weighted by atomic mass is 9.93. The molecule has 23 heavy (non-hydrogen) atoms. The molecule has 2 nitrogen and oxygen atoms in total. The van der Waals surface area contributed by atoms with Gasteiger partial charge < -0.3 is 9.88 Å². The Kier molecular flexibility index (Phi) is 5.77. The molecule has 1 aliphatic carbocycles. The molecule has 2 heteroatoms. The van der Waals surface area contributed by atoms with E-state index in [9.17, 15) is 0 Å². The number of benzene rings is 1. The van der Waals surface area contributed by atoms with Gasteiger partial charge in [0.1, 0.15) is 0 Å². The molecule has 0 aliphatic heterocycles. The van der Waals surface area contributed by atoms with Crippen molar-refractivity contribution in [3.05, 3.63) is 35.0 Å². The quantitative estimate of drug-likeness (QED) is 0.834. The SMILES string of the molecule is CCCn1cc(CCNC)c2c3c(ccc21)CCCCCCC3. The molecule has 0 bridgehead atoms. The zero-order valence-corrected chi connectivity index (χ0v) is 15.0. The highest BCUT2D eigenvalue weighted by atomic mass is 15.0. The van der Waals surface area contributed by atoms with E-state index in [1.165, 1.54) is 56.9 Å². The minimum atomic E-state index is 1.06. The number of fused-ring (bicyclic) bond motifs is 3. The van der Waals surface area contributed by atoms with Crippen LogP contribution in [0.3, 0.4) is 0 Å². The highest BCUT2D eigenvalue weighted by Gasteiger charge is 2.16. The third kappa shape index (κ3) is 3.63. The van der Waals surface area contributed by atoms with Crippen LogP contribution in [0.1, 0.15) is 62.1 Å². The lowest BCUT2D eigenvalue weighted by molar-refractivity contribution is 0.629. The predicted molar refractivity (Wildman–Crippen MR) is 100 cm³/mol. The minimum absolute atomic E-state index is 1.06. The molecule has 0 fully saturated rings. The van der Waals surface area contributed by atoms with Crippen molar-refractivity contribution in [2.45, 2.75) is 71.3 Å². The van der Waals surface area contributed by atoms with Crippen LogP contribution in [0.25, 0.3) is 10.9 Å². The number of rotatable bonds is 5. The van der Waals surface area contributed by atoms with E-state index >= 15 is 0 Å². The summed E-state index contributed by atoms with van der Waals surface area (Å²) < 4.78 is 2.49. The van der Waals surface area contributed by atoms with Crippen LogP contribution in [-0.4, -0.2) is 18.2 Å². The molecule has 1 aromatic heterocycles. The summed E-state index contributed by atoms with van der Waals surface area (Å²) in [5.74, 6) is 0. The van der Waals surface area contributed by atoms with E-state index in [4.69, 9.17) is 0 Å². The van der Waals surface area contributed by atoms with Crippen molar-refractivity contribution in [3.8, 4) is 0 Å². The topological polar surface area (TPSA) is 17.0 Å². The van der Waals surface area contributed by atoms with Gasteiger partial charge in [-0.25, -0.2) is 0 Å². The molecule has 0 saturated carbocycles. The first-order valence-corrected chi connectivity index (χ1v) is 9.62. The maximum Gasteiger partial charge on any atom is 0.0486 e. The molecule has 0 spiro atoms. The third-order valence-electron chi connectivity index (χ3n) is 5.31. The number of likely N-dealkylation sites (N-methyl/N-ethyl adjacent to an activating group) is 1. The van der Waals surface area contributed by atoms with Crippen LogP contribution >= 0.6 is 0 Å². The molecule has 3 rings (SSSR count). The minimum Gasteiger partial charge on any atom is -0.347 e. The van der Waals surface area contributed by atoms with Crippen molar-refractivity contribution >= 4 is 10.9 Å². The van der Waals surface area contributed by atoms with Gasteiger partial charge in [0, 0.05) is 23.6 Å². The van der Waals surface area contributed by atoms with E-state index in [0.717, 1.165) is 19.5 Å². The number of aryl methyl sites for hydroxylation is 3. The number of hydrogen-bond acceptors (Lipinski definition) is 1. The normalized spacial score (nSPS) is 15.9. The molecule has 0 atom stereocenters. The van der Waals surface area contributed by atoms with Gasteiger partial charge in [0.25, 0.3) is 0 Å². The standard InChI is InChI=1S/C21H32N2/c1-3-15-23-16-18(13-14-22-2)21-19-10-8-6-4-5-7-9-17(19)11-12-20(21)23/h11-12,16,22H,3-10,13-15H2,1-2H3. The Bertz CT molecular complexity index is 639. The average molecular weight is 313 g/mol. The van der Waals surface area contributed by atoms with E-state index < -0.39 is 0 Å². The Morgan fingerprint density at radius 1 is 1.04 bits per heavy atom. The van der Waals surface area contributed by atoms with Crippen molar-refractivity contribution in [2.75, 3.05) is 13.6 Å². The first-order valence-electron chi connectivity index (χ1n) is 9.62. The van der Waals surface area contributed by atoms with E-state index in [2.05, 4.69) is 42.2 Å². The summed E-state index contributed by atoms with van der Waals surface area (Å²) in [5, 5.41) is 4.92. The lowest BCUT2D eigenvalue weighted by Gasteiger charge is -2.12. The summed E-state index contributed by atoms with van der Waals surface area (Å²) >= 11 is 0. The van der Waals surface area contributed by atoms with Gasteiger partial charge in [0.2, 0.25) is 0 Å². The summed E-state index contributed by atoms with van der Waals surface area (Å²) in [5.41, 5.74) is 6.32. The molecule has 1 heterocycles. The van der Waals surface area contributed by atoms with E-state index in [1.807, 2.05) is 0 Å². The summed E-state index contributed by atoms with van der Waals surface area (Å²) in [6.45, 7) is 4.47. The van der Waals surface area contributed by atoms with Crippen molar-refractivity contribution in [2.24, 2.45) is 0 Å². The van der Waals surface area contributed by atoms with Crippen LogP contribution < -0.4 is 5.32 Å². The van der Waals surface area contributed by atoms with E-state index in [0.29, 0.717) is 0 Å². The molecule has 1 N–H and O–H groups in total.